The van der Waals surface area contributed by atoms with Crippen LogP contribution in [-0.4, -0.2) is 55.4 Å². The van der Waals surface area contributed by atoms with E-state index in [1.165, 1.54) is 17.0 Å². The van der Waals surface area contributed by atoms with Crippen molar-refractivity contribution in [1.29, 1.82) is 0 Å². The molecule has 0 saturated carbocycles. The number of carbonyl (C=O) groups is 2. The zero-order valence-corrected chi connectivity index (χ0v) is 25.7. The molecule has 0 aliphatic carbocycles. The molecule has 2 amide bonds. The average molecular weight is 636 g/mol. The Balaban J connectivity index is 2.11. The quantitative estimate of drug-likeness (QED) is 0.205. The molecule has 0 aliphatic heterocycles. The van der Waals surface area contributed by atoms with E-state index in [9.17, 15) is 28.1 Å². The molecule has 224 valence electrons. The van der Waals surface area contributed by atoms with Crippen molar-refractivity contribution < 1.29 is 22.9 Å². The van der Waals surface area contributed by atoms with Gasteiger partial charge in [0, 0.05) is 31.6 Å². The molecule has 0 fully saturated rings. The summed E-state index contributed by atoms with van der Waals surface area (Å²) in [5.41, 5.74) is 1.43. The van der Waals surface area contributed by atoms with Crippen LogP contribution in [0.3, 0.4) is 0 Å². The summed E-state index contributed by atoms with van der Waals surface area (Å²) in [5.74, 6) is -1.10. The summed E-state index contributed by atoms with van der Waals surface area (Å²) >= 11 is 12.3. The second kappa shape index (κ2) is 14.5. The lowest BCUT2D eigenvalue weighted by Crippen LogP contribution is -2.53. The van der Waals surface area contributed by atoms with Crippen molar-refractivity contribution in [3.8, 4) is 0 Å². The highest BCUT2D eigenvalue weighted by Gasteiger charge is 2.33. The number of hydrogen-bond donors (Lipinski definition) is 1. The van der Waals surface area contributed by atoms with E-state index in [1.807, 2.05) is 37.3 Å². The van der Waals surface area contributed by atoms with Crippen molar-refractivity contribution in [2.75, 3.05) is 23.7 Å². The number of halogens is 2. The highest BCUT2D eigenvalue weighted by molar-refractivity contribution is 7.92. The second-order valence-corrected chi connectivity index (χ2v) is 12.5. The van der Waals surface area contributed by atoms with Gasteiger partial charge in [-0.15, -0.1) is 0 Å². The minimum absolute atomic E-state index is 0.00965. The maximum absolute atomic E-state index is 14.1. The van der Waals surface area contributed by atoms with Crippen LogP contribution in [0.25, 0.3) is 0 Å². The number of hydrogen-bond acceptors (Lipinski definition) is 6. The Kier molecular flexibility index (Phi) is 11.3. The number of amides is 2. The highest BCUT2D eigenvalue weighted by Crippen LogP contribution is 2.29. The largest absolute Gasteiger partial charge is 0.354 e. The number of nitrogens with zero attached hydrogens (tertiary/aromatic N) is 3. The molecule has 0 aliphatic rings. The van der Waals surface area contributed by atoms with Crippen molar-refractivity contribution in [1.82, 2.24) is 10.2 Å². The number of sulfonamides is 1. The van der Waals surface area contributed by atoms with Gasteiger partial charge in [0.25, 0.3) is 5.69 Å². The van der Waals surface area contributed by atoms with Gasteiger partial charge >= 0.3 is 0 Å². The Morgan fingerprint density at radius 2 is 1.69 bits per heavy atom. The number of nitro groups is 1. The lowest BCUT2D eigenvalue weighted by Gasteiger charge is -2.33. The second-order valence-electron chi connectivity index (χ2n) is 9.76. The minimum Gasteiger partial charge on any atom is -0.354 e. The molecule has 0 unspecified atom stereocenters. The minimum atomic E-state index is -4.09. The van der Waals surface area contributed by atoms with Crippen LogP contribution in [0.4, 0.5) is 11.4 Å². The number of benzene rings is 3. The van der Waals surface area contributed by atoms with E-state index in [1.54, 1.807) is 25.1 Å². The first-order chi connectivity index (χ1) is 19.8. The number of anilines is 1. The summed E-state index contributed by atoms with van der Waals surface area (Å²) in [4.78, 5) is 39.8. The van der Waals surface area contributed by atoms with Crippen LogP contribution in [0.15, 0.2) is 66.7 Å². The van der Waals surface area contributed by atoms with Crippen LogP contribution in [0, 0.1) is 17.0 Å². The van der Waals surface area contributed by atoms with Crippen LogP contribution < -0.4 is 9.62 Å². The van der Waals surface area contributed by atoms with E-state index in [0.717, 1.165) is 22.2 Å². The molecule has 3 aromatic rings. The summed E-state index contributed by atoms with van der Waals surface area (Å²) in [5, 5.41) is 14.9. The van der Waals surface area contributed by atoms with Gasteiger partial charge in [-0.1, -0.05) is 72.6 Å². The first-order valence-electron chi connectivity index (χ1n) is 13.1. The fraction of sp³-hybridized carbons (Fsp3) is 0.310. The molecule has 0 spiro atoms. The van der Waals surface area contributed by atoms with Gasteiger partial charge in [-0.2, -0.15) is 0 Å². The third-order valence-electron chi connectivity index (χ3n) is 6.51. The standard InChI is InChI=1S/C29H32Cl2N4O6S/c1-4-14-32-29(37)27(16-21-8-6-5-7-9-21)33(18-22-11-13-24(30)25(31)15-22)28(36)19-34(42(3,40)41)26-17-23(35(38)39)12-10-20(26)2/h5-13,15,17,27H,4,14,16,18-19H2,1-3H3,(H,32,37)/t27-/m1/s1. The molecular weight excluding hydrogens is 603 g/mol. The van der Waals surface area contributed by atoms with Crippen molar-refractivity contribution in [3.05, 3.63) is 104 Å². The van der Waals surface area contributed by atoms with Gasteiger partial charge in [0.2, 0.25) is 21.8 Å². The molecule has 42 heavy (non-hydrogen) atoms. The SMILES string of the molecule is CCCNC(=O)[C@@H](Cc1ccccc1)N(Cc1ccc(Cl)c(Cl)c1)C(=O)CN(c1cc([N+](=O)[O-])ccc1C)S(C)(=O)=O. The van der Waals surface area contributed by atoms with Gasteiger partial charge in [-0.3, -0.25) is 24.0 Å². The zero-order valence-electron chi connectivity index (χ0n) is 23.4. The summed E-state index contributed by atoms with van der Waals surface area (Å²) < 4.78 is 26.8. The van der Waals surface area contributed by atoms with Crippen LogP contribution >= 0.6 is 23.2 Å². The van der Waals surface area contributed by atoms with E-state index >= 15 is 0 Å². The number of rotatable bonds is 13. The van der Waals surface area contributed by atoms with E-state index < -0.39 is 39.3 Å². The topological polar surface area (TPSA) is 130 Å². The van der Waals surface area contributed by atoms with Crippen molar-refractivity contribution in [3.63, 3.8) is 0 Å². The first kappa shape index (κ1) is 32.8. The normalized spacial score (nSPS) is 11.9. The lowest BCUT2D eigenvalue weighted by molar-refractivity contribution is -0.384. The molecule has 0 bridgehead atoms. The van der Waals surface area contributed by atoms with Crippen LogP contribution in [0.5, 0.6) is 0 Å². The first-order valence-corrected chi connectivity index (χ1v) is 15.7. The molecule has 0 aromatic heterocycles. The smallest absolute Gasteiger partial charge is 0.271 e. The lowest BCUT2D eigenvalue weighted by atomic mass is 10.0. The van der Waals surface area contributed by atoms with E-state index in [4.69, 9.17) is 23.2 Å². The fourth-order valence-corrected chi connectivity index (χ4v) is 5.55. The van der Waals surface area contributed by atoms with Crippen molar-refractivity contribution in [2.45, 2.75) is 39.3 Å². The summed E-state index contributed by atoms with van der Waals surface area (Å²) in [7, 11) is -4.09. The molecule has 10 nitrogen and oxygen atoms in total. The predicted molar refractivity (Wildman–Crippen MR) is 164 cm³/mol. The third kappa shape index (κ3) is 8.67. The fourth-order valence-electron chi connectivity index (χ4n) is 4.33. The van der Waals surface area contributed by atoms with E-state index in [-0.39, 0.29) is 29.4 Å². The molecule has 0 saturated heterocycles. The molecule has 3 aromatic carbocycles. The van der Waals surface area contributed by atoms with Crippen LogP contribution in [0.2, 0.25) is 10.0 Å². The Morgan fingerprint density at radius 3 is 2.29 bits per heavy atom. The molecule has 1 N–H and O–H groups in total. The van der Waals surface area contributed by atoms with Gasteiger partial charge in [-0.05, 0) is 42.2 Å². The zero-order chi connectivity index (χ0) is 31.0. The number of carbonyl (C=O) groups excluding carboxylic acids is 2. The highest BCUT2D eigenvalue weighted by atomic mass is 35.5. The molecule has 1 atom stereocenters. The Morgan fingerprint density at radius 1 is 1.00 bits per heavy atom. The van der Waals surface area contributed by atoms with Gasteiger partial charge in [0.15, 0.2) is 0 Å². The maximum Gasteiger partial charge on any atom is 0.271 e. The van der Waals surface area contributed by atoms with Crippen molar-refractivity contribution >= 4 is 56.4 Å². The molecule has 13 heteroatoms. The third-order valence-corrected chi connectivity index (χ3v) is 8.37. The summed E-state index contributed by atoms with van der Waals surface area (Å²) in [6.07, 6.45) is 1.73. The average Bonchev–Trinajstić information content (AvgIpc) is 2.94. The molecule has 3 rings (SSSR count). The van der Waals surface area contributed by atoms with Crippen LogP contribution in [0.1, 0.15) is 30.0 Å². The van der Waals surface area contributed by atoms with Gasteiger partial charge in [0.05, 0.1) is 26.9 Å². The van der Waals surface area contributed by atoms with Crippen molar-refractivity contribution in [2.24, 2.45) is 0 Å². The number of nitro benzene ring substituents is 1. The van der Waals surface area contributed by atoms with Gasteiger partial charge < -0.3 is 10.2 Å². The molecule has 0 heterocycles. The van der Waals surface area contributed by atoms with E-state index in [0.29, 0.717) is 29.1 Å². The molecule has 0 radical (unpaired) electrons. The van der Waals surface area contributed by atoms with Crippen LogP contribution in [-0.2, 0) is 32.6 Å². The Labute approximate surface area is 255 Å². The van der Waals surface area contributed by atoms with Gasteiger partial charge in [0.1, 0.15) is 12.6 Å². The number of non-ortho nitro benzene ring substituents is 1. The Hall–Kier alpha value is -3.67. The number of nitrogens with one attached hydrogen (secondary N) is 1. The predicted octanol–water partition coefficient (Wildman–Crippen LogP) is 5.14. The van der Waals surface area contributed by atoms with Gasteiger partial charge in [-0.25, -0.2) is 8.42 Å². The van der Waals surface area contributed by atoms with E-state index in [2.05, 4.69) is 5.32 Å². The Bertz CT molecular complexity index is 1550. The molecular formula is C29H32Cl2N4O6S. The summed E-state index contributed by atoms with van der Waals surface area (Å²) in [6, 6.07) is 16.7. The summed E-state index contributed by atoms with van der Waals surface area (Å²) in [6.45, 7) is 3.08. The maximum atomic E-state index is 14.1. The number of aryl methyl sites for hydroxylation is 1. The monoisotopic (exact) mass is 634 g/mol.